The van der Waals surface area contributed by atoms with Gasteiger partial charge in [0, 0.05) is 33.9 Å². The predicted molar refractivity (Wildman–Crippen MR) is 125 cm³/mol. The first-order valence-corrected chi connectivity index (χ1v) is 11.4. The van der Waals surface area contributed by atoms with Crippen LogP contribution in [0.15, 0.2) is 60.2 Å². The van der Waals surface area contributed by atoms with E-state index in [1.165, 1.54) is 0 Å². The molecule has 6 nitrogen and oxygen atoms in total. The van der Waals surface area contributed by atoms with E-state index in [4.69, 9.17) is 14.5 Å². The van der Waals surface area contributed by atoms with E-state index in [9.17, 15) is 9.59 Å². The van der Waals surface area contributed by atoms with Gasteiger partial charge in [0.05, 0.1) is 20.9 Å². The Morgan fingerprint density at radius 3 is 2.67 bits per heavy atom. The van der Waals surface area contributed by atoms with Gasteiger partial charge in [0.25, 0.3) is 0 Å². The number of hydrogen-bond acceptors (Lipinski definition) is 7. The molecule has 1 unspecified atom stereocenters. The third kappa shape index (κ3) is 2.51. The van der Waals surface area contributed by atoms with Crippen LogP contribution in [0.2, 0.25) is 0 Å². The van der Waals surface area contributed by atoms with Crippen LogP contribution in [0, 0.1) is 6.92 Å². The van der Waals surface area contributed by atoms with Crippen molar-refractivity contribution < 1.29 is 19.1 Å². The molecule has 1 aliphatic carbocycles. The minimum Gasteiger partial charge on any atom is -0.454 e. The molecule has 7 heteroatoms. The molecule has 3 aromatic carbocycles. The number of nitrogens with one attached hydrogen (secondary N) is 1. The molecule has 0 bridgehead atoms. The molecule has 3 aliphatic rings. The number of thiazole rings is 1. The maximum absolute atomic E-state index is 13.6. The fourth-order valence-electron chi connectivity index (χ4n) is 5.04. The van der Waals surface area contributed by atoms with Crippen LogP contribution in [0.1, 0.15) is 38.0 Å². The van der Waals surface area contributed by atoms with E-state index >= 15 is 0 Å². The number of carbonyl (C=O) groups is 2. The third-order valence-corrected chi connectivity index (χ3v) is 7.37. The number of Topliss-reactive ketones (excluding diaryl/α,β-unsaturated/α-hetero) is 2. The van der Waals surface area contributed by atoms with Crippen LogP contribution < -0.4 is 14.8 Å². The number of rotatable bonds is 1. The number of ether oxygens (including phenoxy) is 2. The molecular formula is C26H16N2O4S. The van der Waals surface area contributed by atoms with E-state index in [0.29, 0.717) is 28.3 Å². The minimum atomic E-state index is -0.492. The second-order valence-corrected chi connectivity index (χ2v) is 9.50. The van der Waals surface area contributed by atoms with Gasteiger partial charge < -0.3 is 14.8 Å². The van der Waals surface area contributed by atoms with Crippen LogP contribution in [-0.2, 0) is 4.79 Å². The van der Waals surface area contributed by atoms with Crippen LogP contribution in [0.3, 0.4) is 0 Å². The molecular weight excluding hydrogens is 436 g/mol. The molecule has 0 saturated heterocycles. The van der Waals surface area contributed by atoms with Gasteiger partial charge in [0.1, 0.15) is 0 Å². The van der Waals surface area contributed by atoms with Gasteiger partial charge in [-0.2, -0.15) is 0 Å². The molecule has 0 amide bonds. The largest absolute Gasteiger partial charge is 0.454 e. The average Bonchev–Trinajstić information content (AvgIpc) is 3.46. The summed E-state index contributed by atoms with van der Waals surface area (Å²) in [6.07, 6.45) is 0. The number of aromatic nitrogens is 1. The summed E-state index contributed by atoms with van der Waals surface area (Å²) in [6.45, 7) is 2.13. The number of carbonyl (C=O) groups excluding carboxylic acids is 2. The standard InChI is InChI=1S/C26H16N2O4S/c1-12-27-24-19(33-12)9-7-16-21(24)20(13-6-8-17-18(10-13)32-11-31-17)22-23(28-16)14-4-2-3-5-15(14)25(29)26(22)30/h2-10,20,28H,11H2,1H3. The molecule has 1 N–H and O–H groups in total. The van der Waals surface area contributed by atoms with Crippen LogP contribution in [0.4, 0.5) is 5.69 Å². The molecule has 0 saturated carbocycles. The molecule has 33 heavy (non-hydrogen) atoms. The second kappa shape index (κ2) is 6.52. The Balaban J connectivity index is 1.57. The Hall–Kier alpha value is -3.97. The Kier molecular flexibility index (Phi) is 3.67. The highest BCUT2D eigenvalue weighted by atomic mass is 32.1. The van der Waals surface area contributed by atoms with Crippen LogP contribution >= 0.6 is 11.3 Å². The highest BCUT2D eigenvalue weighted by Gasteiger charge is 2.42. The predicted octanol–water partition coefficient (Wildman–Crippen LogP) is 5.07. The Bertz CT molecular complexity index is 1580. The van der Waals surface area contributed by atoms with Gasteiger partial charge in [-0.15, -0.1) is 11.3 Å². The summed E-state index contributed by atoms with van der Waals surface area (Å²) in [6, 6.07) is 17.0. The lowest BCUT2D eigenvalue weighted by atomic mass is 9.73. The fourth-order valence-corrected chi connectivity index (χ4v) is 5.89. The quantitative estimate of drug-likeness (QED) is 0.407. The number of hydrogen-bond donors (Lipinski definition) is 1. The third-order valence-electron chi connectivity index (χ3n) is 6.44. The number of allylic oxidation sites excluding steroid dienone is 1. The summed E-state index contributed by atoms with van der Waals surface area (Å²) >= 11 is 1.61. The van der Waals surface area contributed by atoms with Crippen molar-refractivity contribution in [3.63, 3.8) is 0 Å². The molecule has 2 aliphatic heterocycles. The average molecular weight is 452 g/mol. The summed E-state index contributed by atoms with van der Waals surface area (Å²) in [4.78, 5) is 31.5. The molecule has 1 aromatic heterocycles. The fraction of sp³-hybridized carbons (Fsp3) is 0.115. The molecule has 7 rings (SSSR count). The van der Waals surface area contributed by atoms with Crippen molar-refractivity contribution in [1.82, 2.24) is 4.98 Å². The van der Waals surface area contributed by atoms with Crippen LogP contribution in [0.5, 0.6) is 11.5 Å². The normalized spacial score (nSPS) is 18.2. The molecule has 4 aromatic rings. The van der Waals surface area contributed by atoms with E-state index in [1.54, 1.807) is 23.5 Å². The summed E-state index contributed by atoms with van der Waals surface area (Å²) in [7, 11) is 0. The van der Waals surface area contributed by atoms with Crippen molar-refractivity contribution in [2.24, 2.45) is 0 Å². The number of aryl methyl sites for hydroxylation is 1. The number of fused-ring (bicyclic) bond motifs is 6. The highest BCUT2D eigenvalue weighted by Crippen LogP contribution is 2.51. The summed E-state index contributed by atoms with van der Waals surface area (Å²) in [5.41, 5.74) is 5.76. The number of benzene rings is 3. The van der Waals surface area contributed by atoms with Crippen molar-refractivity contribution in [2.45, 2.75) is 12.8 Å². The minimum absolute atomic E-state index is 0.163. The van der Waals surface area contributed by atoms with Gasteiger partial charge in [-0.3, -0.25) is 9.59 Å². The molecule has 160 valence electrons. The first-order valence-electron chi connectivity index (χ1n) is 10.6. The van der Waals surface area contributed by atoms with Gasteiger partial charge in [0.15, 0.2) is 11.5 Å². The first kappa shape index (κ1) is 18.6. The van der Waals surface area contributed by atoms with Gasteiger partial charge in [0.2, 0.25) is 18.4 Å². The molecule has 3 heterocycles. The SMILES string of the molecule is Cc1nc2c3c(ccc2s1)NC1=C(C(=O)C(=O)c2ccccc21)C3c1ccc2c(c1)OCO2. The second-order valence-electron chi connectivity index (χ2n) is 8.27. The van der Waals surface area contributed by atoms with E-state index in [0.717, 1.165) is 37.6 Å². The van der Waals surface area contributed by atoms with Crippen molar-refractivity contribution in [3.05, 3.63) is 87.4 Å². The number of anilines is 1. The lowest BCUT2D eigenvalue weighted by molar-refractivity contribution is -0.112. The maximum Gasteiger partial charge on any atom is 0.233 e. The van der Waals surface area contributed by atoms with Crippen molar-refractivity contribution in [2.75, 3.05) is 12.1 Å². The number of nitrogens with zero attached hydrogens (tertiary/aromatic N) is 1. The Morgan fingerprint density at radius 1 is 0.970 bits per heavy atom. The zero-order valence-corrected chi connectivity index (χ0v) is 18.3. The van der Waals surface area contributed by atoms with Crippen molar-refractivity contribution >= 4 is 44.5 Å². The molecule has 0 spiro atoms. The van der Waals surface area contributed by atoms with Gasteiger partial charge in [-0.1, -0.05) is 30.3 Å². The maximum atomic E-state index is 13.6. The highest BCUT2D eigenvalue weighted by molar-refractivity contribution is 7.18. The lowest BCUT2D eigenvalue weighted by Crippen LogP contribution is -2.32. The lowest BCUT2D eigenvalue weighted by Gasteiger charge is -2.34. The monoisotopic (exact) mass is 452 g/mol. The molecule has 1 atom stereocenters. The Labute approximate surface area is 192 Å². The van der Waals surface area contributed by atoms with Crippen LogP contribution in [-0.4, -0.2) is 23.3 Å². The van der Waals surface area contributed by atoms with E-state index in [1.807, 2.05) is 43.3 Å². The topological polar surface area (TPSA) is 77.5 Å². The Morgan fingerprint density at radius 2 is 1.79 bits per heavy atom. The van der Waals surface area contributed by atoms with E-state index in [-0.39, 0.29) is 6.79 Å². The van der Waals surface area contributed by atoms with Crippen molar-refractivity contribution in [3.8, 4) is 11.5 Å². The van der Waals surface area contributed by atoms with Gasteiger partial charge in [-0.05, 0) is 36.8 Å². The van der Waals surface area contributed by atoms with Crippen LogP contribution in [0.25, 0.3) is 15.9 Å². The molecule has 0 fully saturated rings. The number of ketones is 2. The van der Waals surface area contributed by atoms with E-state index in [2.05, 4.69) is 11.4 Å². The smallest absolute Gasteiger partial charge is 0.233 e. The summed E-state index contributed by atoms with van der Waals surface area (Å²) in [5, 5.41) is 4.42. The summed E-state index contributed by atoms with van der Waals surface area (Å²) in [5.74, 6) is -0.149. The van der Waals surface area contributed by atoms with Crippen molar-refractivity contribution in [1.29, 1.82) is 0 Å². The van der Waals surface area contributed by atoms with E-state index < -0.39 is 17.5 Å². The zero-order valence-electron chi connectivity index (χ0n) is 17.5. The first-order chi connectivity index (χ1) is 16.1. The van der Waals surface area contributed by atoms with Gasteiger partial charge >= 0.3 is 0 Å². The summed E-state index contributed by atoms with van der Waals surface area (Å²) < 4.78 is 12.2. The van der Waals surface area contributed by atoms with Gasteiger partial charge in [-0.25, -0.2) is 4.98 Å². The molecule has 0 radical (unpaired) electrons. The zero-order chi connectivity index (χ0) is 22.3.